The average molecular weight is 271 g/mol. The van der Waals surface area contributed by atoms with Gasteiger partial charge in [-0.3, -0.25) is 0 Å². The van der Waals surface area contributed by atoms with Crippen molar-refractivity contribution in [1.29, 1.82) is 0 Å². The predicted molar refractivity (Wildman–Crippen MR) is 62.3 cm³/mol. The number of rotatable bonds is 3. The van der Waals surface area contributed by atoms with E-state index in [0.717, 1.165) is 4.68 Å². The van der Waals surface area contributed by atoms with Crippen LogP contribution in [0.5, 0.6) is 5.75 Å². The van der Waals surface area contributed by atoms with Crippen LogP contribution >= 0.6 is 0 Å². The number of nitrogens with zero attached hydrogens (tertiary/aromatic N) is 3. The first-order valence-electron chi connectivity index (χ1n) is 5.64. The first kappa shape index (κ1) is 13.4. The summed E-state index contributed by atoms with van der Waals surface area (Å²) in [7, 11) is 0. The van der Waals surface area contributed by atoms with Gasteiger partial charge < -0.3 is 4.74 Å². The molecule has 2 aromatic rings. The van der Waals surface area contributed by atoms with E-state index < -0.39 is 11.9 Å². The van der Waals surface area contributed by atoms with Crippen molar-refractivity contribution in [2.24, 2.45) is 0 Å². The molecule has 0 aliphatic carbocycles. The summed E-state index contributed by atoms with van der Waals surface area (Å²) < 4.78 is 44.7. The number of ether oxygens (including phenoxy) is 1. The standard InChI is InChI=1S/C12H12F3N3O/c1-3-19-9-4-5-10(16-7-9)18-11(12(13,14)15)8(2)6-17-18/h4-7H,3H2,1-2H3. The Labute approximate surface area is 107 Å². The molecule has 0 spiro atoms. The van der Waals surface area contributed by atoms with E-state index in [0.29, 0.717) is 12.4 Å². The van der Waals surface area contributed by atoms with Crippen molar-refractivity contribution in [3.05, 3.63) is 35.8 Å². The largest absolute Gasteiger partial charge is 0.492 e. The van der Waals surface area contributed by atoms with Crippen LogP contribution < -0.4 is 4.74 Å². The Kier molecular flexibility index (Phi) is 3.46. The lowest BCUT2D eigenvalue weighted by atomic mass is 10.2. The van der Waals surface area contributed by atoms with Gasteiger partial charge in [-0.2, -0.15) is 18.3 Å². The van der Waals surface area contributed by atoms with Crippen molar-refractivity contribution in [3.8, 4) is 11.6 Å². The van der Waals surface area contributed by atoms with Crippen LogP contribution in [0.1, 0.15) is 18.2 Å². The molecule has 2 rings (SSSR count). The minimum Gasteiger partial charge on any atom is -0.492 e. The van der Waals surface area contributed by atoms with Gasteiger partial charge in [-0.25, -0.2) is 9.67 Å². The van der Waals surface area contributed by atoms with Gasteiger partial charge in [-0.05, 0) is 31.5 Å². The summed E-state index contributed by atoms with van der Waals surface area (Å²) in [5.74, 6) is 0.604. The number of hydrogen-bond donors (Lipinski definition) is 0. The van der Waals surface area contributed by atoms with E-state index in [1.807, 2.05) is 6.92 Å². The zero-order valence-electron chi connectivity index (χ0n) is 10.4. The van der Waals surface area contributed by atoms with Gasteiger partial charge in [0.15, 0.2) is 11.5 Å². The molecule has 0 N–H and O–H groups in total. The third-order valence-corrected chi connectivity index (χ3v) is 2.47. The predicted octanol–water partition coefficient (Wildman–Crippen LogP) is 2.99. The molecule has 0 saturated heterocycles. The van der Waals surface area contributed by atoms with Gasteiger partial charge in [-0.15, -0.1) is 0 Å². The van der Waals surface area contributed by atoms with Gasteiger partial charge >= 0.3 is 6.18 Å². The van der Waals surface area contributed by atoms with Crippen LogP contribution in [0.2, 0.25) is 0 Å². The van der Waals surface area contributed by atoms with Crippen LogP contribution in [0.15, 0.2) is 24.5 Å². The number of hydrogen-bond acceptors (Lipinski definition) is 3. The van der Waals surface area contributed by atoms with Crippen molar-refractivity contribution in [3.63, 3.8) is 0 Å². The molecule has 0 aliphatic rings. The number of aromatic nitrogens is 3. The van der Waals surface area contributed by atoms with E-state index >= 15 is 0 Å². The maximum atomic E-state index is 12.9. The summed E-state index contributed by atoms with van der Waals surface area (Å²) in [5.41, 5.74) is -0.757. The lowest BCUT2D eigenvalue weighted by molar-refractivity contribution is -0.143. The highest BCUT2D eigenvalue weighted by Crippen LogP contribution is 2.32. The molecule has 4 nitrogen and oxygen atoms in total. The molecule has 0 fully saturated rings. The molecule has 0 amide bonds. The van der Waals surface area contributed by atoms with Crippen molar-refractivity contribution >= 4 is 0 Å². The van der Waals surface area contributed by atoms with Crippen LogP contribution in [0, 0.1) is 6.92 Å². The highest BCUT2D eigenvalue weighted by Gasteiger charge is 2.37. The highest BCUT2D eigenvalue weighted by molar-refractivity contribution is 5.33. The fraction of sp³-hybridized carbons (Fsp3) is 0.333. The zero-order chi connectivity index (χ0) is 14.0. The van der Waals surface area contributed by atoms with Gasteiger partial charge in [-0.1, -0.05) is 0 Å². The molecule has 19 heavy (non-hydrogen) atoms. The Balaban J connectivity index is 2.42. The fourth-order valence-corrected chi connectivity index (χ4v) is 1.70. The third kappa shape index (κ3) is 2.69. The number of alkyl halides is 3. The number of aryl methyl sites for hydroxylation is 1. The molecule has 2 heterocycles. The maximum absolute atomic E-state index is 12.9. The van der Waals surface area contributed by atoms with Gasteiger partial charge in [0, 0.05) is 0 Å². The molecule has 0 unspecified atom stereocenters. The molecule has 102 valence electrons. The van der Waals surface area contributed by atoms with Crippen molar-refractivity contribution in [2.75, 3.05) is 6.61 Å². The van der Waals surface area contributed by atoms with Crippen LogP contribution in [-0.4, -0.2) is 21.4 Å². The van der Waals surface area contributed by atoms with Crippen molar-refractivity contribution in [2.45, 2.75) is 20.0 Å². The second-order valence-corrected chi connectivity index (χ2v) is 3.87. The summed E-state index contributed by atoms with van der Waals surface area (Å²) in [5, 5.41) is 3.72. The van der Waals surface area contributed by atoms with Crippen LogP contribution in [0.4, 0.5) is 13.2 Å². The Morgan fingerprint density at radius 3 is 2.53 bits per heavy atom. The molecule has 0 atom stereocenters. The topological polar surface area (TPSA) is 39.9 Å². The molecule has 0 aliphatic heterocycles. The highest BCUT2D eigenvalue weighted by atomic mass is 19.4. The summed E-state index contributed by atoms with van der Waals surface area (Å²) in [6, 6.07) is 3.00. The van der Waals surface area contributed by atoms with Crippen LogP contribution in [0.3, 0.4) is 0 Å². The first-order chi connectivity index (χ1) is 8.93. The number of halogens is 3. The van der Waals surface area contributed by atoms with Crippen molar-refractivity contribution in [1.82, 2.24) is 14.8 Å². The maximum Gasteiger partial charge on any atom is 0.433 e. The van der Waals surface area contributed by atoms with Crippen LogP contribution in [0.25, 0.3) is 5.82 Å². The van der Waals surface area contributed by atoms with E-state index in [-0.39, 0.29) is 11.4 Å². The summed E-state index contributed by atoms with van der Waals surface area (Å²) in [6.45, 7) is 3.64. The van der Waals surface area contributed by atoms with E-state index in [9.17, 15) is 13.2 Å². The Morgan fingerprint density at radius 2 is 2.00 bits per heavy atom. The molecule has 0 bridgehead atoms. The Bertz CT molecular complexity index is 561. The molecule has 0 saturated carbocycles. The minimum atomic E-state index is -4.47. The van der Waals surface area contributed by atoms with E-state index in [1.54, 1.807) is 6.07 Å². The molecule has 0 radical (unpaired) electrons. The fourth-order valence-electron chi connectivity index (χ4n) is 1.70. The van der Waals surface area contributed by atoms with Gasteiger partial charge in [0.05, 0.1) is 19.0 Å². The van der Waals surface area contributed by atoms with Gasteiger partial charge in [0.1, 0.15) is 5.75 Å². The lowest BCUT2D eigenvalue weighted by Gasteiger charge is -2.11. The molecule has 0 aromatic carbocycles. The lowest BCUT2D eigenvalue weighted by Crippen LogP contribution is -2.15. The van der Waals surface area contributed by atoms with E-state index in [2.05, 4.69) is 10.1 Å². The van der Waals surface area contributed by atoms with Gasteiger partial charge in [0.2, 0.25) is 0 Å². The summed E-state index contributed by atoms with van der Waals surface area (Å²) >= 11 is 0. The van der Waals surface area contributed by atoms with Crippen molar-refractivity contribution < 1.29 is 17.9 Å². The summed E-state index contributed by atoms with van der Waals surface area (Å²) in [6.07, 6.45) is -1.93. The molecule has 2 aromatic heterocycles. The third-order valence-electron chi connectivity index (χ3n) is 2.47. The molecular weight excluding hydrogens is 259 g/mol. The van der Waals surface area contributed by atoms with E-state index in [1.165, 1.54) is 25.4 Å². The van der Waals surface area contributed by atoms with Gasteiger partial charge in [0.25, 0.3) is 0 Å². The average Bonchev–Trinajstić information content (AvgIpc) is 2.72. The molecule has 7 heteroatoms. The minimum absolute atomic E-state index is 0.0585. The Hall–Kier alpha value is -2.05. The molecular formula is C12H12F3N3O. The first-order valence-corrected chi connectivity index (χ1v) is 5.64. The normalized spacial score (nSPS) is 11.6. The monoisotopic (exact) mass is 271 g/mol. The Morgan fingerprint density at radius 1 is 1.26 bits per heavy atom. The smallest absolute Gasteiger partial charge is 0.433 e. The quantitative estimate of drug-likeness (QED) is 0.861. The van der Waals surface area contributed by atoms with Crippen LogP contribution in [-0.2, 0) is 6.18 Å². The SMILES string of the molecule is CCOc1ccc(-n2ncc(C)c2C(F)(F)F)nc1. The van der Waals surface area contributed by atoms with E-state index in [4.69, 9.17) is 4.74 Å². The zero-order valence-corrected chi connectivity index (χ0v) is 10.4. The number of pyridine rings is 1. The second-order valence-electron chi connectivity index (χ2n) is 3.87. The summed E-state index contributed by atoms with van der Waals surface area (Å²) in [4.78, 5) is 3.93. The second kappa shape index (κ2) is 4.91.